The summed E-state index contributed by atoms with van der Waals surface area (Å²) in [5.41, 5.74) is 1.54. The van der Waals surface area contributed by atoms with Gasteiger partial charge in [-0.05, 0) is 44.0 Å². The molecule has 0 atom stereocenters. The van der Waals surface area contributed by atoms with Crippen LogP contribution in [0.3, 0.4) is 0 Å². The number of piperidine rings is 1. The van der Waals surface area contributed by atoms with Crippen LogP contribution in [0.5, 0.6) is 5.75 Å². The maximum absolute atomic E-state index is 12.8. The van der Waals surface area contributed by atoms with Gasteiger partial charge in [-0.1, -0.05) is 29.8 Å². The van der Waals surface area contributed by atoms with Gasteiger partial charge in [-0.3, -0.25) is 4.79 Å². The van der Waals surface area contributed by atoms with Crippen molar-refractivity contribution in [3.63, 3.8) is 0 Å². The Labute approximate surface area is 154 Å². The van der Waals surface area contributed by atoms with Crippen LogP contribution < -0.4 is 4.74 Å². The fourth-order valence-corrected chi connectivity index (χ4v) is 5.01. The van der Waals surface area contributed by atoms with E-state index in [4.69, 9.17) is 4.74 Å². The Balaban J connectivity index is 1.71. The molecule has 1 heterocycles. The zero-order valence-corrected chi connectivity index (χ0v) is 15.8. The SMILES string of the molecule is COc1ccccc1C(=O)N1CCC(S(=O)(=O)c2ccc(C)cc2)CC1. The Hall–Kier alpha value is -2.34. The lowest BCUT2D eigenvalue weighted by Gasteiger charge is -2.32. The number of methoxy groups -OCH3 is 1. The first-order valence-electron chi connectivity index (χ1n) is 8.66. The molecule has 138 valence electrons. The number of ether oxygens (including phenoxy) is 1. The van der Waals surface area contributed by atoms with Crippen molar-refractivity contribution in [2.45, 2.75) is 29.9 Å². The number of likely N-dealkylation sites (tertiary alicyclic amines) is 1. The minimum Gasteiger partial charge on any atom is -0.496 e. The van der Waals surface area contributed by atoms with Gasteiger partial charge in [0.2, 0.25) is 0 Å². The zero-order valence-electron chi connectivity index (χ0n) is 15.0. The van der Waals surface area contributed by atoms with Crippen molar-refractivity contribution in [2.75, 3.05) is 20.2 Å². The van der Waals surface area contributed by atoms with Crippen molar-refractivity contribution >= 4 is 15.7 Å². The third kappa shape index (κ3) is 3.60. The number of nitrogens with zero attached hydrogens (tertiary/aromatic N) is 1. The number of aryl methyl sites for hydroxylation is 1. The molecule has 6 heteroatoms. The second-order valence-electron chi connectivity index (χ2n) is 6.55. The van der Waals surface area contributed by atoms with E-state index in [1.807, 2.05) is 25.1 Å². The normalized spacial score (nSPS) is 15.7. The average molecular weight is 373 g/mol. The second kappa shape index (κ2) is 7.50. The highest BCUT2D eigenvalue weighted by Crippen LogP contribution is 2.27. The predicted octanol–water partition coefficient (Wildman–Crippen LogP) is 3.08. The number of carbonyl (C=O) groups excluding carboxylic acids is 1. The summed E-state index contributed by atoms with van der Waals surface area (Å²) in [6.07, 6.45) is 0.883. The third-order valence-electron chi connectivity index (χ3n) is 4.85. The molecule has 1 aliphatic heterocycles. The standard InChI is InChI=1S/C20H23NO4S/c1-15-7-9-16(10-8-15)26(23,24)17-11-13-21(14-12-17)20(22)18-5-3-4-6-19(18)25-2/h3-10,17H,11-14H2,1-2H3. The minimum atomic E-state index is -3.37. The van der Waals surface area contributed by atoms with E-state index in [2.05, 4.69) is 0 Å². The second-order valence-corrected chi connectivity index (χ2v) is 8.78. The van der Waals surface area contributed by atoms with E-state index in [1.54, 1.807) is 35.2 Å². The summed E-state index contributed by atoms with van der Waals surface area (Å²) in [5.74, 6) is 0.417. The lowest BCUT2D eigenvalue weighted by Crippen LogP contribution is -2.42. The van der Waals surface area contributed by atoms with Gasteiger partial charge in [-0.15, -0.1) is 0 Å². The van der Waals surface area contributed by atoms with Crippen molar-refractivity contribution in [1.82, 2.24) is 4.90 Å². The molecule has 0 radical (unpaired) electrons. The van der Waals surface area contributed by atoms with Gasteiger partial charge in [-0.2, -0.15) is 0 Å². The summed E-state index contributed by atoms with van der Waals surface area (Å²) in [7, 11) is -1.83. The van der Waals surface area contributed by atoms with Gasteiger partial charge in [-0.25, -0.2) is 8.42 Å². The number of sulfone groups is 1. The van der Waals surface area contributed by atoms with Crippen LogP contribution in [0.15, 0.2) is 53.4 Å². The first-order valence-corrected chi connectivity index (χ1v) is 10.2. The van der Waals surface area contributed by atoms with Gasteiger partial charge in [0.05, 0.1) is 22.8 Å². The number of hydrogen-bond acceptors (Lipinski definition) is 4. The number of hydrogen-bond donors (Lipinski definition) is 0. The molecule has 0 aromatic heterocycles. The maximum Gasteiger partial charge on any atom is 0.257 e. The molecule has 0 saturated carbocycles. The molecule has 0 N–H and O–H groups in total. The summed E-state index contributed by atoms with van der Waals surface area (Å²) in [4.78, 5) is 14.8. The van der Waals surface area contributed by atoms with Gasteiger partial charge >= 0.3 is 0 Å². The van der Waals surface area contributed by atoms with Gasteiger partial charge in [0.25, 0.3) is 5.91 Å². The average Bonchev–Trinajstić information content (AvgIpc) is 2.68. The molecule has 1 aliphatic rings. The first-order chi connectivity index (χ1) is 12.4. The number of para-hydroxylation sites is 1. The topological polar surface area (TPSA) is 63.7 Å². The van der Waals surface area contributed by atoms with Crippen LogP contribution in [0, 0.1) is 6.92 Å². The summed E-state index contributed by atoms with van der Waals surface area (Å²) in [6, 6.07) is 14.0. The monoisotopic (exact) mass is 373 g/mol. The van der Waals surface area contributed by atoms with Crippen molar-refractivity contribution in [3.8, 4) is 5.75 Å². The molecule has 0 aliphatic carbocycles. The van der Waals surface area contributed by atoms with Gasteiger partial charge < -0.3 is 9.64 Å². The molecule has 5 nitrogen and oxygen atoms in total. The largest absolute Gasteiger partial charge is 0.496 e. The lowest BCUT2D eigenvalue weighted by molar-refractivity contribution is 0.0722. The highest BCUT2D eigenvalue weighted by molar-refractivity contribution is 7.92. The Morgan fingerprint density at radius 1 is 1.04 bits per heavy atom. The number of benzene rings is 2. The predicted molar refractivity (Wildman–Crippen MR) is 100 cm³/mol. The number of carbonyl (C=O) groups is 1. The van der Waals surface area contributed by atoms with E-state index >= 15 is 0 Å². The fourth-order valence-electron chi connectivity index (χ4n) is 3.28. The van der Waals surface area contributed by atoms with Crippen LogP contribution in [0.4, 0.5) is 0 Å². The first kappa shape index (κ1) is 18.5. The summed E-state index contributed by atoms with van der Waals surface area (Å²) in [5, 5.41) is -0.452. The smallest absolute Gasteiger partial charge is 0.257 e. The molecule has 0 bridgehead atoms. The van der Waals surface area contributed by atoms with Crippen LogP contribution >= 0.6 is 0 Å². The molecule has 2 aromatic carbocycles. The van der Waals surface area contributed by atoms with Crippen LogP contribution in [-0.2, 0) is 9.84 Å². The van der Waals surface area contributed by atoms with E-state index in [0.717, 1.165) is 5.56 Å². The van der Waals surface area contributed by atoms with Crippen molar-refractivity contribution in [3.05, 3.63) is 59.7 Å². The summed E-state index contributed by atoms with van der Waals surface area (Å²) in [6.45, 7) is 2.78. The Morgan fingerprint density at radius 2 is 1.65 bits per heavy atom. The van der Waals surface area contributed by atoms with Crippen molar-refractivity contribution in [1.29, 1.82) is 0 Å². The highest BCUT2D eigenvalue weighted by Gasteiger charge is 2.33. The Kier molecular flexibility index (Phi) is 5.32. The highest BCUT2D eigenvalue weighted by atomic mass is 32.2. The fraction of sp³-hybridized carbons (Fsp3) is 0.350. The minimum absolute atomic E-state index is 0.117. The molecular weight excluding hydrogens is 350 g/mol. The quantitative estimate of drug-likeness (QED) is 0.826. The summed E-state index contributed by atoms with van der Waals surface area (Å²) < 4.78 is 30.9. The van der Waals surface area contributed by atoms with Crippen LogP contribution in [0.1, 0.15) is 28.8 Å². The van der Waals surface area contributed by atoms with Crippen LogP contribution in [0.2, 0.25) is 0 Å². The van der Waals surface area contributed by atoms with Crippen LogP contribution in [-0.4, -0.2) is 44.7 Å². The zero-order chi connectivity index (χ0) is 18.7. The molecule has 1 saturated heterocycles. The third-order valence-corrected chi connectivity index (χ3v) is 7.13. The Bertz CT molecular complexity index is 882. The van der Waals surface area contributed by atoms with Gasteiger partial charge in [0, 0.05) is 13.1 Å². The van der Waals surface area contributed by atoms with Gasteiger partial charge in [0.1, 0.15) is 5.75 Å². The van der Waals surface area contributed by atoms with Crippen LogP contribution in [0.25, 0.3) is 0 Å². The van der Waals surface area contributed by atoms with Crippen molar-refractivity contribution < 1.29 is 17.9 Å². The molecule has 1 fully saturated rings. The maximum atomic E-state index is 12.8. The van der Waals surface area contributed by atoms with E-state index in [0.29, 0.717) is 42.1 Å². The molecule has 0 spiro atoms. The van der Waals surface area contributed by atoms with E-state index in [-0.39, 0.29) is 5.91 Å². The molecule has 0 unspecified atom stereocenters. The van der Waals surface area contributed by atoms with Gasteiger partial charge in [0.15, 0.2) is 9.84 Å². The van der Waals surface area contributed by atoms with E-state index in [1.165, 1.54) is 7.11 Å². The number of amides is 1. The molecule has 1 amide bonds. The van der Waals surface area contributed by atoms with E-state index < -0.39 is 15.1 Å². The Morgan fingerprint density at radius 3 is 2.27 bits per heavy atom. The number of rotatable bonds is 4. The lowest BCUT2D eigenvalue weighted by atomic mass is 10.1. The van der Waals surface area contributed by atoms with E-state index in [9.17, 15) is 13.2 Å². The van der Waals surface area contributed by atoms with Crippen molar-refractivity contribution in [2.24, 2.45) is 0 Å². The molecule has 2 aromatic rings. The molecular formula is C20H23NO4S. The summed E-state index contributed by atoms with van der Waals surface area (Å²) >= 11 is 0. The molecule has 3 rings (SSSR count). The molecule has 26 heavy (non-hydrogen) atoms.